The highest BCUT2D eigenvalue weighted by Crippen LogP contribution is 2.34. The molecule has 0 saturated heterocycles. The standard InChI is InChI=1S/C15H22N2O2/c1-14(2,10-17-13(18)15(16)8-9-15)11-6-4-5-7-12(11)19-3/h4-7H,8-10,16H2,1-3H3,(H,17,18). The van der Waals surface area contributed by atoms with E-state index in [9.17, 15) is 4.79 Å². The number of ether oxygens (including phenoxy) is 1. The largest absolute Gasteiger partial charge is 0.496 e. The van der Waals surface area contributed by atoms with E-state index in [0.29, 0.717) is 6.54 Å². The van der Waals surface area contributed by atoms with E-state index in [-0.39, 0.29) is 11.3 Å². The summed E-state index contributed by atoms with van der Waals surface area (Å²) < 4.78 is 5.38. The number of amides is 1. The Bertz CT molecular complexity index is 479. The van der Waals surface area contributed by atoms with Crippen molar-refractivity contribution in [3.8, 4) is 5.75 Å². The van der Waals surface area contributed by atoms with Gasteiger partial charge in [-0.15, -0.1) is 0 Å². The molecule has 1 aliphatic rings. The monoisotopic (exact) mass is 262 g/mol. The predicted octanol–water partition coefficient (Wildman–Crippen LogP) is 1.58. The molecule has 0 unspecified atom stereocenters. The van der Waals surface area contributed by atoms with Crippen LogP contribution in [-0.4, -0.2) is 25.1 Å². The van der Waals surface area contributed by atoms with Gasteiger partial charge in [-0.2, -0.15) is 0 Å². The molecule has 4 nitrogen and oxygen atoms in total. The third-order valence-electron chi connectivity index (χ3n) is 3.77. The second kappa shape index (κ2) is 4.85. The van der Waals surface area contributed by atoms with Crippen LogP contribution in [0.25, 0.3) is 0 Å². The third kappa shape index (κ3) is 2.89. The van der Waals surface area contributed by atoms with Gasteiger partial charge < -0.3 is 15.8 Å². The summed E-state index contributed by atoms with van der Waals surface area (Å²) in [6.45, 7) is 4.72. The Morgan fingerprint density at radius 3 is 2.63 bits per heavy atom. The predicted molar refractivity (Wildman–Crippen MR) is 75.2 cm³/mol. The highest BCUT2D eigenvalue weighted by molar-refractivity contribution is 5.89. The quantitative estimate of drug-likeness (QED) is 0.846. The summed E-state index contributed by atoms with van der Waals surface area (Å²) >= 11 is 0. The number of nitrogens with two attached hydrogens (primary N) is 1. The van der Waals surface area contributed by atoms with Crippen molar-refractivity contribution in [2.45, 2.75) is 37.6 Å². The molecule has 0 atom stereocenters. The van der Waals surface area contributed by atoms with Gasteiger partial charge in [-0.25, -0.2) is 0 Å². The molecule has 1 saturated carbocycles. The smallest absolute Gasteiger partial charge is 0.240 e. The summed E-state index contributed by atoms with van der Waals surface area (Å²) in [5.74, 6) is 0.797. The normalized spacial score (nSPS) is 16.8. The molecule has 1 amide bonds. The van der Waals surface area contributed by atoms with Crippen LogP contribution in [0, 0.1) is 0 Å². The van der Waals surface area contributed by atoms with Gasteiger partial charge in [-0.3, -0.25) is 4.79 Å². The minimum Gasteiger partial charge on any atom is -0.496 e. The van der Waals surface area contributed by atoms with E-state index in [2.05, 4.69) is 19.2 Å². The Hall–Kier alpha value is -1.55. The first-order valence-electron chi connectivity index (χ1n) is 6.60. The SMILES string of the molecule is COc1ccccc1C(C)(C)CNC(=O)C1(N)CC1. The minimum absolute atomic E-state index is 0.0459. The van der Waals surface area contributed by atoms with Gasteiger partial charge in [0.25, 0.3) is 0 Å². The summed E-state index contributed by atoms with van der Waals surface area (Å²) in [6.07, 6.45) is 1.57. The van der Waals surface area contributed by atoms with Gasteiger partial charge in [0.05, 0.1) is 12.6 Å². The molecule has 4 heteroatoms. The minimum atomic E-state index is -0.614. The number of nitrogens with one attached hydrogen (secondary N) is 1. The number of hydrogen-bond acceptors (Lipinski definition) is 3. The van der Waals surface area contributed by atoms with E-state index in [1.807, 2.05) is 24.3 Å². The van der Waals surface area contributed by atoms with E-state index >= 15 is 0 Å². The molecule has 1 fully saturated rings. The maximum absolute atomic E-state index is 11.9. The lowest BCUT2D eigenvalue weighted by Crippen LogP contribution is -2.46. The van der Waals surface area contributed by atoms with Crippen LogP contribution >= 0.6 is 0 Å². The van der Waals surface area contributed by atoms with Crippen molar-refractivity contribution in [1.82, 2.24) is 5.32 Å². The van der Waals surface area contributed by atoms with Crippen molar-refractivity contribution in [2.24, 2.45) is 5.73 Å². The number of methoxy groups -OCH3 is 1. The van der Waals surface area contributed by atoms with Crippen LogP contribution < -0.4 is 15.8 Å². The molecular formula is C15H22N2O2. The average Bonchev–Trinajstić information content (AvgIpc) is 3.15. The molecule has 19 heavy (non-hydrogen) atoms. The maximum atomic E-state index is 11.9. The maximum Gasteiger partial charge on any atom is 0.240 e. The van der Waals surface area contributed by atoms with E-state index in [4.69, 9.17) is 10.5 Å². The zero-order valence-electron chi connectivity index (χ0n) is 11.8. The molecule has 0 aromatic heterocycles. The fraction of sp³-hybridized carbons (Fsp3) is 0.533. The first-order chi connectivity index (χ1) is 8.89. The highest BCUT2D eigenvalue weighted by Gasteiger charge is 2.46. The van der Waals surface area contributed by atoms with Crippen LogP contribution in [0.3, 0.4) is 0 Å². The molecular weight excluding hydrogens is 240 g/mol. The van der Waals surface area contributed by atoms with Gasteiger partial charge in [-0.1, -0.05) is 32.0 Å². The van der Waals surface area contributed by atoms with Gasteiger partial charge in [-0.05, 0) is 18.9 Å². The van der Waals surface area contributed by atoms with Gasteiger partial charge in [0.15, 0.2) is 0 Å². The van der Waals surface area contributed by atoms with Crippen molar-refractivity contribution in [2.75, 3.05) is 13.7 Å². The van der Waals surface area contributed by atoms with Gasteiger partial charge in [0.2, 0.25) is 5.91 Å². The van der Waals surface area contributed by atoms with E-state index < -0.39 is 5.54 Å². The summed E-state index contributed by atoms with van der Waals surface area (Å²) in [7, 11) is 1.66. The van der Waals surface area contributed by atoms with Crippen molar-refractivity contribution < 1.29 is 9.53 Å². The Morgan fingerprint density at radius 2 is 2.05 bits per heavy atom. The van der Waals surface area contributed by atoms with Crippen molar-refractivity contribution in [3.05, 3.63) is 29.8 Å². The molecule has 2 rings (SSSR count). The van der Waals surface area contributed by atoms with Gasteiger partial charge in [0, 0.05) is 17.5 Å². The number of carbonyl (C=O) groups excluding carboxylic acids is 1. The fourth-order valence-electron chi connectivity index (χ4n) is 2.14. The van der Waals surface area contributed by atoms with Crippen LogP contribution in [0.4, 0.5) is 0 Å². The van der Waals surface area contributed by atoms with Crippen LogP contribution in [0.1, 0.15) is 32.3 Å². The van der Waals surface area contributed by atoms with Crippen LogP contribution in [0.2, 0.25) is 0 Å². The molecule has 3 N–H and O–H groups in total. The number of para-hydroxylation sites is 1. The molecule has 0 bridgehead atoms. The lowest BCUT2D eigenvalue weighted by Gasteiger charge is -2.28. The average molecular weight is 262 g/mol. The molecule has 104 valence electrons. The fourth-order valence-corrected chi connectivity index (χ4v) is 2.14. The van der Waals surface area contributed by atoms with Crippen molar-refractivity contribution >= 4 is 5.91 Å². The molecule has 1 aliphatic carbocycles. The van der Waals surface area contributed by atoms with Crippen molar-refractivity contribution in [3.63, 3.8) is 0 Å². The summed E-state index contributed by atoms with van der Waals surface area (Å²) in [5.41, 5.74) is 6.15. The molecule has 0 spiro atoms. The zero-order chi connectivity index (χ0) is 14.1. The van der Waals surface area contributed by atoms with E-state index in [1.54, 1.807) is 7.11 Å². The highest BCUT2D eigenvalue weighted by atomic mass is 16.5. The van der Waals surface area contributed by atoms with Crippen molar-refractivity contribution in [1.29, 1.82) is 0 Å². The Kier molecular flexibility index (Phi) is 3.54. The molecule has 1 aromatic carbocycles. The lowest BCUT2D eigenvalue weighted by atomic mass is 9.84. The summed E-state index contributed by atoms with van der Waals surface area (Å²) in [6, 6.07) is 7.88. The molecule has 0 aliphatic heterocycles. The Labute approximate surface area is 114 Å². The third-order valence-corrected chi connectivity index (χ3v) is 3.77. The number of hydrogen-bond donors (Lipinski definition) is 2. The first kappa shape index (κ1) is 13.9. The Balaban J connectivity index is 2.07. The van der Waals surface area contributed by atoms with Gasteiger partial charge in [0.1, 0.15) is 5.75 Å². The van der Waals surface area contributed by atoms with E-state index in [1.165, 1.54) is 0 Å². The van der Waals surface area contributed by atoms with Crippen LogP contribution in [0.5, 0.6) is 5.75 Å². The van der Waals surface area contributed by atoms with Crippen LogP contribution in [-0.2, 0) is 10.2 Å². The second-order valence-corrected chi connectivity index (χ2v) is 5.92. The number of benzene rings is 1. The zero-order valence-corrected chi connectivity index (χ0v) is 11.8. The summed E-state index contributed by atoms with van der Waals surface area (Å²) in [5, 5.41) is 2.96. The second-order valence-electron chi connectivity index (χ2n) is 5.92. The van der Waals surface area contributed by atoms with E-state index in [0.717, 1.165) is 24.2 Å². The molecule has 0 radical (unpaired) electrons. The van der Waals surface area contributed by atoms with Gasteiger partial charge >= 0.3 is 0 Å². The Morgan fingerprint density at radius 1 is 1.42 bits per heavy atom. The topological polar surface area (TPSA) is 64.3 Å². The number of carbonyl (C=O) groups is 1. The van der Waals surface area contributed by atoms with Crippen LogP contribution in [0.15, 0.2) is 24.3 Å². The molecule has 0 heterocycles. The molecule has 1 aromatic rings. The summed E-state index contributed by atoms with van der Waals surface area (Å²) in [4.78, 5) is 11.9. The number of rotatable bonds is 5. The lowest BCUT2D eigenvalue weighted by molar-refractivity contribution is -0.123. The first-order valence-corrected chi connectivity index (χ1v) is 6.60.